The smallest absolute Gasteiger partial charge is 0.327 e. The molecule has 1 aromatic carbocycles. The molecule has 0 aliphatic carbocycles. The average molecular weight is 246 g/mol. The van der Waals surface area contributed by atoms with Gasteiger partial charge < -0.3 is 10.5 Å². The van der Waals surface area contributed by atoms with Gasteiger partial charge >= 0.3 is 5.97 Å². The van der Waals surface area contributed by atoms with Gasteiger partial charge in [-0.05, 0) is 6.07 Å². The highest BCUT2D eigenvalue weighted by Gasteiger charge is 2.22. The Morgan fingerprint density at radius 2 is 2.00 bits per heavy atom. The van der Waals surface area contributed by atoms with Crippen LogP contribution in [0.2, 0.25) is 0 Å². The molecule has 5 nitrogen and oxygen atoms in total. The van der Waals surface area contributed by atoms with Crippen molar-refractivity contribution in [2.75, 3.05) is 7.11 Å². The lowest BCUT2D eigenvalue weighted by molar-refractivity contribution is -0.142. The van der Waals surface area contributed by atoms with Gasteiger partial charge in [0.15, 0.2) is 0 Å². The third-order valence-electron chi connectivity index (χ3n) is 2.87. The summed E-state index contributed by atoms with van der Waals surface area (Å²) < 4.78 is 6.11. The average Bonchev–Trinajstić information content (AvgIpc) is 2.76. The van der Waals surface area contributed by atoms with E-state index in [1.165, 1.54) is 18.6 Å². The molecule has 0 bridgehead atoms. The molecule has 0 aliphatic heterocycles. The normalized spacial score (nSPS) is 12.4. The standard InChI is InChI=1S/C13H14N2O3/c1-8(16)15-7-10(12(14)13(17)18-2)9-5-3-4-6-11(9)15/h3-7,12H,14H2,1-2H3. The largest absolute Gasteiger partial charge is 0.468 e. The molecule has 0 fully saturated rings. The van der Waals surface area contributed by atoms with E-state index >= 15 is 0 Å². The summed E-state index contributed by atoms with van der Waals surface area (Å²) in [6.45, 7) is 1.46. The topological polar surface area (TPSA) is 74.3 Å². The van der Waals surface area contributed by atoms with Gasteiger partial charge in [0.25, 0.3) is 0 Å². The van der Waals surface area contributed by atoms with Gasteiger partial charge in [0.05, 0.1) is 12.6 Å². The van der Waals surface area contributed by atoms with E-state index in [0.717, 1.165) is 10.9 Å². The highest BCUT2D eigenvalue weighted by molar-refractivity contribution is 5.96. The third-order valence-corrected chi connectivity index (χ3v) is 2.87. The molecule has 1 atom stereocenters. The predicted octanol–water partition coefficient (Wildman–Crippen LogP) is 1.47. The zero-order chi connectivity index (χ0) is 13.3. The molecule has 18 heavy (non-hydrogen) atoms. The number of nitrogens with two attached hydrogens (primary N) is 1. The number of esters is 1. The molecular weight excluding hydrogens is 232 g/mol. The Balaban J connectivity index is 2.65. The fraction of sp³-hybridized carbons (Fsp3) is 0.231. The summed E-state index contributed by atoms with van der Waals surface area (Å²) in [7, 11) is 1.28. The summed E-state index contributed by atoms with van der Waals surface area (Å²) in [5, 5.41) is 0.783. The van der Waals surface area contributed by atoms with Crippen LogP contribution < -0.4 is 5.73 Å². The summed E-state index contributed by atoms with van der Waals surface area (Å²) in [6.07, 6.45) is 1.59. The zero-order valence-electron chi connectivity index (χ0n) is 10.2. The van der Waals surface area contributed by atoms with E-state index in [9.17, 15) is 9.59 Å². The number of rotatable bonds is 2. The Hall–Kier alpha value is -2.14. The predicted molar refractivity (Wildman–Crippen MR) is 67.2 cm³/mol. The van der Waals surface area contributed by atoms with Crippen molar-refractivity contribution in [2.24, 2.45) is 5.73 Å². The number of hydrogen-bond acceptors (Lipinski definition) is 4. The van der Waals surface area contributed by atoms with Crippen LogP contribution in [-0.2, 0) is 9.53 Å². The summed E-state index contributed by atoms with van der Waals surface area (Å²) in [6, 6.07) is 6.41. The first-order chi connectivity index (χ1) is 8.56. The minimum absolute atomic E-state index is 0.130. The number of para-hydroxylation sites is 1. The van der Waals surface area contributed by atoms with E-state index < -0.39 is 12.0 Å². The van der Waals surface area contributed by atoms with E-state index in [1.807, 2.05) is 24.3 Å². The Kier molecular flexibility index (Phi) is 3.16. The van der Waals surface area contributed by atoms with Gasteiger partial charge in [0, 0.05) is 24.1 Å². The second kappa shape index (κ2) is 4.62. The van der Waals surface area contributed by atoms with Crippen LogP contribution in [0.4, 0.5) is 0 Å². The minimum Gasteiger partial charge on any atom is -0.468 e. The third kappa shape index (κ3) is 1.89. The SMILES string of the molecule is COC(=O)C(N)c1cn(C(C)=O)c2ccccc12. The second-order valence-corrected chi connectivity index (χ2v) is 3.99. The van der Waals surface area contributed by atoms with Crippen LogP contribution in [0.5, 0.6) is 0 Å². The Morgan fingerprint density at radius 3 is 2.61 bits per heavy atom. The minimum atomic E-state index is -0.888. The lowest BCUT2D eigenvalue weighted by Crippen LogP contribution is -2.22. The van der Waals surface area contributed by atoms with E-state index in [1.54, 1.807) is 6.20 Å². The van der Waals surface area contributed by atoms with E-state index in [0.29, 0.717) is 5.56 Å². The van der Waals surface area contributed by atoms with Crippen molar-refractivity contribution in [1.29, 1.82) is 0 Å². The number of carbonyl (C=O) groups excluding carboxylic acids is 2. The molecule has 1 heterocycles. The van der Waals surface area contributed by atoms with Crippen LogP contribution >= 0.6 is 0 Å². The fourth-order valence-electron chi connectivity index (χ4n) is 1.97. The molecule has 0 saturated heterocycles. The first-order valence-corrected chi connectivity index (χ1v) is 5.50. The van der Waals surface area contributed by atoms with Crippen LogP contribution in [0, 0.1) is 0 Å². The maximum absolute atomic E-state index is 11.5. The Labute approximate surface area is 104 Å². The van der Waals surface area contributed by atoms with Gasteiger partial charge in [-0.2, -0.15) is 0 Å². The molecule has 2 rings (SSSR count). The summed E-state index contributed by atoms with van der Waals surface area (Å²) in [5.41, 5.74) is 7.16. The number of hydrogen-bond donors (Lipinski definition) is 1. The molecule has 1 unspecified atom stereocenters. The molecule has 94 valence electrons. The first-order valence-electron chi connectivity index (χ1n) is 5.50. The summed E-state index contributed by atoms with van der Waals surface area (Å²) in [5.74, 6) is -0.657. The second-order valence-electron chi connectivity index (χ2n) is 3.99. The fourth-order valence-corrected chi connectivity index (χ4v) is 1.97. The first kappa shape index (κ1) is 12.3. The molecule has 2 N–H and O–H groups in total. The molecule has 0 aliphatic rings. The number of benzene rings is 1. The van der Waals surface area contributed by atoms with Crippen molar-refractivity contribution in [3.05, 3.63) is 36.0 Å². The maximum atomic E-state index is 11.5. The van der Waals surface area contributed by atoms with Crippen molar-refractivity contribution in [1.82, 2.24) is 4.57 Å². The van der Waals surface area contributed by atoms with Crippen molar-refractivity contribution >= 4 is 22.8 Å². The highest BCUT2D eigenvalue weighted by atomic mass is 16.5. The quantitative estimate of drug-likeness (QED) is 0.814. The van der Waals surface area contributed by atoms with Crippen LogP contribution in [0.25, 0.3) is 10.9 Å². The van der Waals surface area contributed by atoms with E-state index in [4.69, 9.17) is 5.73 Å². The lowest BCUT2D eigenvalue weighted by atomic mass is 10.1. The van der Waals surface area contributed by atoms with Crippen molar-refractivity contribution < 1.29 is 14.3 Å². The number of ether oxygens (including phenoxy) is 1. The van der Waals surface area contributed by atoms with Gasteiger partial charge in [-0.15, -0.1) is 0 Å². The van der Waals surface area contributed by atoms with Crippen LogP contribution in [0.15, 0.2) is 30.5 Å². The lowest BCUT2D eigenvalue weighted by Gasteiger charge is -2.07. The van der Waals surface area contributed by atoms with Crippen LogP contribution in [0.1, 0.15) is 23.3 Å². The van der Waals surface area contributed by atoms with Crippen molar-refractivity contribution in [3.63, 3.8) is 0 Å². The van der Waals surface area contributed by atoms with Crippen LogP contribution in [0.3, 0.4) is 0 Å². The highest BCUT2D eigenvalue weighted by Crippen LogP contribution is 2.26. The van der Waals surface area contributed by atoms with Gasteiger partial charge in [-0.3, -0.25) is 14.2 Å². The Bertz CT molecular complexity index is 616. The maximum Gasteiger partial charge on any atom is 0.327 e. The molecule has 0 radical (unpaired) electrons. The van der Waals surface area contributed by atoms with Gasteiger partial charge in [0.2, 0.25) is 5.91 Å². The number of methoxy groups -OCH3 is 1. The summed E-state index contributed by atoms with van der Waals surface area (Å²) in [4.78, 5) is 23.0. The van der Waals surface area contributed by atoms with E-state index in [2.05, 4.69) is 4.74 Å². The molecule has 1 aromatic heterocycles. The molecule has 2 aromatic rings. The van der Waals surface area contributed by atoms with Crippen LogP contribution in [-0.4, -0.2) is 23.6 Å². The van der Waals surface area contributed by atoms with E-state index in [-0.39, 0.29) is 5.91 Å². The number of aromatic nitrogens is 1. The van der Waals surface area contributed by atoms with Gasteiger partial charge in [-0.1, -0.05) is 18.2 Å². The van der Waals surface area contributed by atoms with Crippen molar-refractivity contribution in [3.8, 4) is 0 Å². The zero-order valence-corrected chi connectivity index (χ0v) is 10.2. The molecule has 5 heteroatoms. The van der Waals surface area contributed by atoms with Gasteiger partial charge in [0.1, 0.15) is 6.04 Å². The Morgan fingerprint density at radius 1 is 1.33 bits per heavy atom. The number of fused-ring (bicyclic) bond motifs is 1. The molecule has 0 saturated carbocycles. The molecule has 0 spiro atoms. The monoisotopic (exact) mass is 246 g/mol. The number of nitrogens with zero attached hydrogens (tertiary/aromatic N) is 1. The number of carbonyl (C=O) groups is 2. The van der Waals surface area contributed by atoms with Crippen molar-refractivity contribution in [2.45, 2.75) is 13.0 Å². The molecular formula is C13H14N2O3. The summed E-state index contributed by atoms with van der Waals surface area (Å²) >= 11 is 0. The molecule has 0 amide bonds. The van der Waals surface area contributed by atoms with Gasteiger partial charge in [-0.25, -0.2) is 0 Å².